The van der Waals surface area contributed by atoms with Crippen LogP contribution in [0.5, 0.6) is 0 Å². The van der Waals surface area contributed by atoms with E-state index in [4.69, 9.17) is 0 Å². The van der Waals surface area contributed by atoms with Crippen LogP contribution >= 0.6 is 0 Å². The monoisotopic (exact) mass is 276 g/mol. The molecule has 0 saturated carbocycles. The van der Waals surface area contributed by atoms with Crippen molar-refractivity contribution in [1.82, 2.24) is 0 Å². The lowest BCUT2D eigenvalue weighted by atomic mass is 9.82. The van der Waals surface area contributed by atoms with E-state index in [-0.39, 0.29) is 5.41 Å². The van der Waals surface area contributed by atoms with Gasteiger partial charge in [0.15, 0.2) is 0 Å². The molecule has 0 fully saturated rings. The molecular formula is C17H15F3. The molecule has 2 aromatic rings. The van der Waals surface area contributed by atoms with Crippen LogP contribution in [-0.4, -0.2) is 0 Å². The van der Waals surface area contributed by atoms with Crippen LogP contribution in [0.2, 0.25) is 0 Å². The molecule has 0 bridgehead atoms. The Balaban J connectivity index is 2.30. The average Bonchev–Trinajstić information content (AvgIpc) is 2.57. The zero-order valence-electron chi connectivity index (χ0n) is 11.6. The fraction of sp³-hybridized carbons (Fsp3) is 0.294. The molecule has 3 rings (SSSR count). The van der Waals surface area contributed by atoms with E-state index in [0.717, 1.165) is 22.3 Å². The summed E-state index contributed by atoms with van der Waals surface area (Å²) in [5, 5.41) is 0. The van der Waals surface area contributed by atoms with Crippen molar-refractivity contribution in [3.63, 3.8) is 0 Å². The highest BCUT2D eigenvalue weighted by Crippen LogP contribution is 2.50. The summed E-state index contributed by atoms with van der Waals surface area (Å²) < 4.78 is 38.7. The third-order valence-corrected chi connectivity index (χ3v) is 4.16. The second-order valence-electron chi connectivity index (χ2n) is 5.93. The van der Waals surface area contributed by atoms with Crippen LogP contribution < -0.4 is 0 Å². The SMILES string of the molecule is Cc1ccc2c(c1)-c1cc(C(F)(F)F)ccc1C2(C)C. The van der Waals surface area contributed by atoms with Gasteiger partial charge >= 0.3 is 6.18 Å². The largest absolute Gasteiger partial charge is 0.416 e. The Morgan fingerprint density at radius 2 is 1.40 bits per heavy atom. The third-order valence-electron chi connectivity index (χ3n) is 4.16. The van der Waals surface area contributed by atoms with Crippen LogP contribution in [0.1, 0.15) is 36.1 Å². The van der Waals surface area contributed by atoms with Crippen molar-refractivity contribution >= 4 is 0 Å². The second kappa shape index (κ2) is 3.87. The molecule has 0 unspecified atom stereocenters. The van der Waals surface area contributed by atoms with Crippen LogP contribution in [-0.2, 0) is 11.6 Å². The van der Waals surface area contributed by atoms with E-state index in [1.54, 1.807) is 6.07 Å². The second-order valence-corrected chi connectivity index (χ2v) is 5.93. The smallest absolute Gasteiger partial charge is 0.166 e. The molecule has 0 atom stereocenters. The van der Waals surface area contributed by atoms with Gasteiger partial charge in [0.2, 0.25) is 0 Å². The van der Waals surface area contributed by atoms with Crippen LogP contribution in [0.15, 0.2) is 36.4 Å². The summed E-state index contributed by atoms with van der Waals surface area (Å²) in [5.41, 5.74) is 3.93. The zero-order chi connectivity index (χ0) is 14.7. The number of rotatable bonds is 0. The Kier molecular flexibility index (Phi) is 2.56. The van der Waals surface area contributed by atoms with Gasteiger partial charge in [0.1, 0.15) is 0 Å². The molecule has 104 valence electrons. The van der Waals surface area contributed by atoms with Crippen molar-refractivity contribution in [1.29, 1.82) is 0 Å². The summed E-state index contributed by atoms with van der Waals surface area (Å²) in [6.07, 6.45) is -4.30. The lowest BCUT2D eigenvalue weighted by molar-refractivity contribution is -0.137. The number of hydrogen-bond donors (Lipinski definition) is 0. The molecule has 0 N–H and O–H groups in total. The molecule has 0 aliphatic heterocycles. The summed E-state index contributed by atoms with van der Waals surface area (Å²) in [7, 11) is 0. The lowest BCUT2D eigenvalue weighted by Crippen LogP contribution is -2.15. The Labute approximate surface area is 116 Å². The number of halogens is 3. The predicted molar refractivity (Wildman–Crippen MR) is 73.7 cm³/mol. The number of fused-ring (bicyclic) bond motifs is 3. The molecule has 0 aromatic heterocycles. The van der Waals surface area contributed by atoms with E-state index < -0.39 is 11.7 Å². The van der Waals surface area contributed by atoms with E-state index in [1.165, 1.54) is 12.1 Å². The minimum absolute atomic E-state index is 0.248. The molecule has 0 heterocycles. The van der Waals surface area contributed by atoms with Crippen molar-refractivity contribution < 1.29 is 13.2 Å². The number of alkyl halides is 3. The quantitative estimate of drug-likeness (QED) is 0.611. The predicted octanol–water partition coefficient (Wildman–Crippen LogP) is 5.32. The van der Waals surface area contributed by atoms with Gasteiger partial charge in [0.05, 0.1) is 5.56 Å². The Hall–Kier alpha value is -1.77. The molecule has 0 spiro atoms. The summed E-state index contributed by atoms with van der Waals surface area (Å²) in [6.45, 7) is 6.07. The first-order chi connectivity index (χ1) is 9.21. The summed E-state index contributed by atoms with van der Waals surface area (Å²) in [4.78, 5) is 0. The highest BCUT2D eigenvalue weighted by molar-refractivity contribution is 5.81. The summed E-state index contributed by atoms with van der Waals surface area (Å²) >= 11 is 0. The van der Waals surface area contributed by atoms with E-state index in [0.29, 0.717) is 5.56 Å². The van der Waals surface area contributed by atoms with Crippen molar-refractivity contribution in [2.75, 3.05) is 0 Å². The molecule has 1 aliphatic rings. The topological polar surface area (TPSA) is 0 Å². The normalized spacial score (nSPS) is 15.9. The molecular weight excluding hydrogens is 261 g/mol. The van der Waals surface area contributed by atoms with Crippen LogP contribution in [0.3, 0.4) is 0 Å². The molecule has 0 amide bonds. The lowest BCUT2D eigenvalue weighted by Gasteiger charge is -2.21. The third kappa shape index (κ3) is 1.76. The van der Waals surface area contributed by atoms with E-state index in [2.05, 4.69) is 13.8 Å². The van der Waals surface area contributed by atoms with Crippen molar-refractivity contribution in [3.8, 4) is 11.1 Å². The molecule has 0 saturated heterocycles. The van der Waals surface area contributed by atoms with Gasteiger partial charge in [-0.15, -0.1) is 0 Å². The summed E-state index contributed by atoms with van der Waals surface area (Å²) in [5.74, 6) is 0. The first kappa shape index (κ1) is 13.2. The van der Waals surface area contributed by atoms with E-state index in [9.17, 15) is 13.2 Å². The van der Waals surface area contributed by atoms with Gasteiger partial charge in [0, 0.05) is 5.41 Å². The standard InChI is InChI=1S/C17H15F3/c1-10-4-6-14-12(8-10)13-9-11(17(18,19)20)5-7-15(13)16(14,2)3/h4-9H,1-3H3. The maximum atomic E-state index is 12.9. The molecule has 1 aliphatic carbocycles. The van der Waals surface area contributed by atoms with Gasteiger partial charge in [-0.2, -0.15) is 13.2 Å². The Morgan fingerprint density at radius 3 is 2.00 bits per heavy atom. The minimum atomic E-state index is -4.30. The van der Waals surface area contributed by atoms with E-state index >= 15 is 0 Å². The molecule has 0 nitrogen and oxygen atoms in total. The van der Waals surface area contributed by atoms with Crippen molar-refractivity contribution in [3.05, 3.63) is 58.7 Å². The van der Waals surface area contributed by atoms with Crippen molar-refractivity contribution in [2.45, 2.75) is 32.4 Å². The maximum Gasteiger partial charge on any atom is 0.416 e. The fourth-order valence-corrected chi connectivity index (χ4v) is 3.06. The molecule has 2 aromatic carbocycles. The highest BCUT2D eigenvalue weighted by atomic mass is 19.4. The molecule has 20 heavy (non-hydrogen) atoms. The van der Waals surface area contributed by atoms with Crippen LogP contribution in [0.4, 0.5) is 13.2 Å². The maximum absolute atomic E-state index is 12.9. The average molecular weight is 276 g/mol. The van der Waals surface area contributed by atoms with E-state index in [1.807, 2.05) is 25.1 Å². The number of benzene rings is 2. The van der Waals surface area contributed by atoms with Gasteiger partial charge in [-0.1, -0.05) is 43.7 Å². The van der Waals surface area contributed by atoms with Crippen molar-refractivity contribution in [2.24, 2.45) is 0 Å². The molecule has 3 heteroatoms. The first-order valence-corrected chi connectivity index (χ1v) is 6.54. The Bertz CT molecular complexity index is 694. The van der Waals surface area contributed by atoms with Crippen LogP contribution in [0.25, 0.3) is 11.1 Å². The summed E-state index contributed by atoms with van der Waals surface area (Å²) in [6, 6.07) is 10.1. The van der Waals surface area contributed by atoms with Gasteiger partial charge < -0.3 is 0 Å². The molecule has 0 radical (unpaired) electrons. The zero-order valence-corrected chi connectivity index (χ0v) is 11.6. The number of aryl methyl sites for hydroxylation is 1. The van der Waals surface area contributed by atoms with Gasteiger partial charge in [-0.05, 0) is 41.3 Å². The highest BCUT2D eigenvalue weighted by Gasteiger charge is 2.38. The minimum Gasteiger partial charge on any atom is -0.166 e. The Morgan fingerprint density at radius 1 is 0.850 bits per heavy atom. The first-order valence-electron chi connectivity index (χ1n) is 6.54. The van der Waals surface area contributed by atoms with Gasteiger partial charge in [0.25, 0.3) is 0 Å². The number of hydrogen-bond acceptors (Lipinski definition) is 0. The van der Waals surface area contributed by atoms with Crippen LogP contribution in [0, 0.1) is 6.92 Å². The fourth-order valence-electron chi connectivity index (χ4n) is 3.06. The van der Waals surface area contributed by atoms with Gasteiger partial charge in [-0.25, -0.2) is 0 Å². The van der Waals surface area contributed by atoms with Gasteiger partial charge in [-0.3, -0.25) is 0 Å².